The Morgan fingerprint density at radius 1 is 1.03 bits per heavy atom. The maximum atomic E-state index is 5.45. The van der Waals surface area contributed by atoms with E-state index in [1.165, 1.54) is 16.7 Å². The van der Waals surface area contributed by atoms with Gasteiger partial charge < -0.3 is 14.8 Å². The number of aryl methyl sites for hydroxylation is 1. The SMILES string of the molecule is CCc1ccc(CN2CCc3nc(Nc4ccc(OC)cc4OC)ncc3C2)cc1. The Balaban J connectivity index is 1.44. The smallest absolute Gasteiger partial charge is 0.227 e. The molecule has 0 aliphatic carbocycles. The highest BCUT2D eigenvalue weighted by Crippen LogP contribution is 2.31. The number of ether oxygens (including phenoxy) is 2. The lowest BCUT2D eigenvalue weighted by molar-refractivity contribution is 0.243. The van der Waals surface area contributed by atoms with Gasteiger partial charge >= 0.3 is 0 Å². The van der Waals surface area contributed by atoms with E-state index in [2.05, 4.69) is 46.4 Å². The average molecular weight is 405 g/mol. The molecule has 0 atom stereocenters. The Bertz CT molecular complexity index is 1000. The summed E-state index contributed by atoms with van der Waals surface area (Å²) in [5, 5.41) is 3.27. The van der Waals surface area contributed by atoms with Gasteiger partial charge in [0.05, 0.1) is 25.6 Å². The number of hydrogen-bond donors (Lipinski definition) is 1. The maximum Gasteiger partial charge on any atom is 0.227 e. The van der Waals surface area contributed by atoms with Crippen molar-refractivity contribution < 1.29 is 9.47 Å². The molecule has 0 bridgehead atoms. The molecule has 1 aliphatic heterocycles. The molecule has 156 valence electrons. The lowest BCUT2D eigenvalue weighted by Crippen LogP contribution is -2.31. The van der Waals surface area contributed by atoms with Crippen LogP contribution >= 0.6 is 0 Å². The number of anilines is 2. The first kappa shape index (κ1) is 20.2. The van der Waals surface area contributed by atoms with E-state index in [-0.39, 0.29) is 0 Å². The molecule has 6 nitrogen and oxygen atoms in total. The maximum absolute atomic E-state index is 5.45. The van der Waals surface area contributed by atoms with Crippen LogP contribution in [0.5, 0.6) is 11.5 Å². The van der Waals surface area contributed by atoms with Crippen LogP contribution in [0.15, 0.2) is 48.7 Å². The van der Waals surface area contributed by atoms with E-state index in [4.69, 9.17) is 14.5 Å². The lowest BCUT2D eigenvalue weighted by atomic mass is 10.1. The summed E-state index contributed by atoms with van der Waals surface area (Å²) in [4.78, 5) is 11.7. The molecular weight excluding hydrogens is 376 g/mol. The fourth-order valence-corrected chi connectivity index (χ4v) is 3.73. The molecule has 1 aromatic heterocycles. The van der Waals surface area contributed by atoms with Crippen LogP contribution < -0.4 is 14.8 Å². The highest BCUT2D eigenvalue weighted by molar-refractivity contribution is 5.64. The fourth-order valence-electron chi connectivity index (χ4n) is 3.73. The number of aromatic nitrogens is 2. The highest BCUT2D eigenvalue weighted by Gasteiger charge is 2.19. The number of hydrogen-bond acceptors (Lipinski definition) is 6. The van der Waals surface area contributed by atoms with Crippen molar-refractivity contribution in [2.75, 3.05) is 26.1 Å². The Morgan fingerprint density at radius 2 is 1.83 bits per heavy atom. The summed E-state index contributed by atoms with van der Waals surface area (Å²) in [6.45, 7) is 5.00. The topological polar surface area (TPSA) is 59.5 Å². The second-order valence-electron chi connectivity index (χ2n) is 7.49. The standard InChI is InChI=1S/C24H28N4O2/c1-4-17-5-7-18(8-6-17)15-28-12-11-21-19(16-28)14-25-24(26-21)27-22-10-9-20(29-2)13-23(22)30-3/h5-10,13-14H,4,11-12,15-16H2,1-3H3,(H,25,26,27). The monoisotopic (exact) mass is 404 g/mol. The molecule has 6 heteroatoms. The van der Waals surface area contributed by atoms with Crippen LogP contribution in [0.1, 0.15) is 29.3 Å². The van der Waals surface area contributed by atoms with Gasteiger partial charge in [-0.2, -0.15) is 0 Å². The predicted molar refractivity (Wildman–Crippen MR) is 118 cm³/mol. The quantitative estimate of drug-likeness (QED) is 0.631. The Morgan fingerprint density at radius 3 is 2.57 bits per heavy atom. The van der Waals surface area contributed by atoms with Crippen LogP contribution in [0.3, 0.4) is 0 Å². The molecule has 1 aliphatic rings. The van der Waals surface area contributed by atoms with Gasteiger partial charge in [-0.25, -0.2) is 9.97 Å². The van der Waals surface area contributed by atoms with Crippen molar-refractivity contribution in [1.82, 2.24) is 14.9 Å². The molecule has 1 N–H and O–H groups in total. The van der Waals surface area contributed by atoms with Crippen molar-refractivity contribution in [2.24, 2.45) is 0 Å². The summed E-state index contributed by atoms with van der Waals surface area (Å²) in [5.74, 6) is 2.02. The second-order valence-corrected chi connectivity index (χ2v) is 7.49. The van der Waals surface area contributed by atoms with Gasteiger partial charge in [-0.05, 0) is 29.7 Å². The van der Waals surface area contributed by atoms with Gasteiger partial charge in [0.25, 0.3) is 0 Å². The van der Waals surface area contributed by atoms with Crippen molar-refractivity contribution in [3.8, 4) is 11.5 Å². The van der Waals surface area contributed by atoms with E-state index < -0.39 is 0 Å². The summed E-state index contributed by atoms with van der Waals surface area (Å²) in [7, 11) is 3.27. The summed E-state index contributed by atoms with van der Waals surface area (Å²) in [5.41, 5.74) is 5.84. The van der Waals surface area contributed by atoms with Crippen LogP contribution in [0.4, 0.5) is 11.6 Å². The normalized spacial score (nSPS) is 13.6. The molecule has 4 rings (SSSR count). The predicted octanol–water partition coefficient (Wildman–Crippen LogP) is 4.36. The zero-order valence-electron chi connectivity index (χ0n) is 17.8. The molecule has 2 aromatic carbocycles. The minimum atomic E-state index is 0.584. The van der Waals surface area contributed by atoms with E-state index in [0.29, 0.717) is 11.7 Å². The third kappa shape index (κ3) is 4.54. The van der Waals surface area contributed by atoms with Crippen molar-refractivity contribution in [3.63, 3.8) is 0 Å². The molecule has 0 saturated heterocycles. The zero-order chi connectivity index (χ0) is 20.9. The number of rotatable bonds is 7. The van der Waals surface area contributed by atoms with Gasteiger partial charge in [-0.15, -0.1) is 0 Å². The molecule has 0 saturated carbocycles. The number of benzene rings is 2. The fraction of sp³-hybridized carbons (Fsp3) is 0.333. The van der Waals surface area contributed by atoms with Crippen LogP contribution in [0.25, 0.3) is 0 Å². The lowest BCUT2D eigenvalue weighted by Gasteiger charge is -2.28. The van der Waals surface area contributed by atoms with Crippen molar-refractivity contribution in [3.05, 3.63) is 71.0 Å². The van der Waals surface area contributed by atoms with Gasteiger partial charge in [0, 0.05) is 43.9 Å². The van der Waals surface area contributed by atoms with E-state index >= 15 is 0 Å². The van der Waals surface area contributed by atoms with Gasteiger partial charge in [0.1, 0.15) is 11.5 Å². The summed E-state index contributed by atoms with van der Waals surface area (Å²) in [6, 6.07) is 14.6. The summed E-state index contributed by atoms with van der Waals surface area (Å²) in [6.07, 6.45) is 3.93. The molecule has 0 spiro atoms. The van der Waals surface area contributed by atoms with E-state index in [0.717, 1.165) is 49.6 Å². The van der Waals surface area contributed by atoms with E-state index in [1.807, 2.05) is 24.4 Å². The molecule has 0 amide bonds. The number of nitrogens with one attached hydrogen (secondary N) is 1. The van der Waals surface area contributed by atoms with Crippen molar-refractivity contribution >= 4 is 11.6 Å². The Hall–Kier alpha value is -3.12. The first-order valence-corrected chi connectivity index (χ1v) is 10.3. The first-order valence-electron chi connectivity index (χ1n) is 10.3. The third-order valence-corrected chi connectivity index (χ3v) is 5.51. The molecular formula is C24H28N4O2. The van der Waals surface area contributed by atoms with E-state index in [9.17, 15) is 0 Å². The first-order chi connectivity index (χ1) is 14.7. The Kier molecular flexibility index (Phi) is 6.14. The van der Waals surface area contributed by atoms with Crippen molar-refractivity contribution in [1.29, 1.82) is 0 Å². The molecule has 2 heterocycles. The number of methoxy groups -OCH3 is 2. The molecule has 0 unspecified atom stereocenters. The van der Waals surface area contributed by atoms with Crippen LogP contribution in [0, 0.1) is 0 Å². The van der Waals surface area contributed by atoms with Gasteiger partial charge in [0.15, 0.2) is 0 Å². The van der Waals surface area contributed by atoms with Crippen LogP contribution in [-0.2, 0) is 25.9 Å². The largest absolute Gasteiger partial charge is 0.497 e. The average Bonchev–Trinajstić information content (AvgIpc) is 2.80. The minimum Gasteiger partial charge on any atom is -0.497 e. The van der Waals surface area contributed by atoms with Crippen molar-refractivity contribution in [2.45, 2.75) is 32.9 Å². The van der Waals surface area contributed by atoms with Crippen LogP contribution in [0.2, 0.25) is 0 Å². The molecule has 0 fully saturated rings. The number of fused-ring (bicyclic) bond motifs is 1. The van der Waals surface area contributed by atoms with Gasteiger partial charge in [0.2, 0.25) is 5.95 Å². The summed E-state index contributed by atoms with van der Waals surface area (Å²) >= 11 is 0. The third-order valence-electron chi connectivity index (χ3n) is 5.51. The van der Waals surface area contributed by atoms with Crippen LogP contribution in [-0.4, -0.2) is 35.6 Å². The highest BCUT2D eigenvalue weighted by atomic mass is 16.5. The number of nitrogens with zero attached hydrogens (tertiary/aromatic N) is 3. The zero-order valence-corrected chi connectivity index (χ0v) is 17.8. The van der Waals surface area contributed by atoms with E-state index in [1.54, 1.807) is 14.2 Å². The molecule has 30 heavy (non-hydrogen) atoms. The molecule has 3 aromatic rings. The Labute approximate surface area is 177 Å². The van der Waals surface area contributed by atoms with Gasteiger partial charge in [-0.3, -0.25) is 4.90 Å². The molecule has 0 radical (unpaired) electrons. The second kappa shape index (κ2) is 9.13. The summed E-state index contributed by atoms with van der Waals surface area (Å²) < 4.78 is 10.7. The van der Waals surface area contributed by atoms with Gasteiger partial charge in [-0.1, -0.05) is 31.2 Å². The minimum absolute atomic E-state index is 0.584.